The number of urea groups is 1. The highest BCUT2D eigenvalue weighted by atomic mass is 32.1. The predicted molar refractivity (Wildman–Crippen MR) is 112 cm³/mol. The fraction of sp³-hybridized carbons (Fsp3) is 0.286. The number of piperazine rings is 1. The molecule has 0 unspecified atom stereocenters. The van der Waals surface area contributed by atoms with Crippen LogP contribution < -0.4 is 5.32 Å². The van der Waals surface area contributed by atoms with Crippen LogP contribution in [0.1, 0.15) is 11.5 Å². The highest BCUT2D eigenvalue weighted by molar-refractivity contribution is 7.13. The molecule has 4 rings (SSSR count). The predicted octanol–water partition coefficient (Wildman–Crippen LogP) is 3.77. The van der Waals surface area contributed by atoms with Gasteiger partial charge in [0.1, 0.15) is 11.6 Å². The van der Waals surface area contributed by atoms with E-state index in [0.717, 1.165) is 4.88 Å². The number of benzene rings is 1. The van der Waals surface area contributed by atoms with Gasteiger partial charge in [0.25, 0.3) is 0 Å². The minimum absolute atomic E-state index is 0.0391. The average Bonchev–Trinajstić information content (AvgIpc) is 3.40. The molecule has 0 bridgehead atoms. The standard InChI is InChI=1S/C21H21FN4O3S/c1-14-17(24-20(29-14)18-3-2-12-30-18)13-19(27)25-8-10-26(11-9-25)21(28)23-16-6-4-15(22)5-7-16/h2-7,12H,8-11,13H2,1H3,(H,23,28). The molecule has 0 atom stereocenters. The van der Waals surface area contributed by atoms with Crippen molar-refractivity contribution in [1.29, 1.82) is 0 Å². The van der Waals surface area contributed by atoms with Gasteiger partial charge >= 0.3 is 6.03 Å². The minimum atomic E-state index is -0.356. The first-order valence-corrected chi connectivity index (χ1v) is 10.5. The first-order chi connectivity index (χ1) is 14.5. The maximum Gasteiger partial charge on any atom is 0.321 e. The summed E-state index contributed by atoms with van der Waals surface area (Å²) in [7, 11) is 0. The Hall–Kier alpha value is -3.20. The number of anilines is 1. The van der Waals surface area contributed by atoms with Crippen molar-refractivity contribution < 1.29 is 18.4 Å². The number of hydrogen-bond donors (Lipinski definition) is 1. The van der Waals surface area contributed by atoms with Gasteiger partial charge in [-0.1, -0.05) is 6.07 Å². The largest absolute Gasteiger partial charge is 0.440 e. The lowest BCUT2D eigenvalue weighted by Crippen LogP contribution is -2.52. The summed E-state index contributed by atoms with van der Waals surface area (Å²) < 4.78 is 18.7. The van der Waals surface area contributed by atoms with Gasteiger partial charge in [0.2, 0.25) is 11.8 Å². The van der Waals surface area contributed by atoms with Crippen LogP contribution >= 0.6 is 11.3 Å². The molecule has 2 aromatic heterocycles. The molecule has 156 valence electrons. The molecule has 1 N–H and O–H groups in total. The van der Waals surface area contributed by atoms with Crippen LogP contribution in [0, 0.1) is 12.7 Å². The molecule has 1 aliphatic heterocycles. The molecular weight excluding hydrogens is 407 g/mol. The van der Waals surface area contributed by atoms with Gasteiger partial charge in [-0.2, -0.15) is 0 Å². The molecule has 1 aliphatic rings. The summed E-state index contributed by atoms with van der Waals surface area (Å²) in [6, 6.07) is 9.20. The molecule has 3 amide bonds. The number of rotatable bonds is 4. The van der Waals surface area contributed by atoms with Gasteiger partial charge < -0.3 is 19.5 Å². The molecule has 0 spiro atoms. The first-order valence-electron chi connectivity index (χ1n) is 9.59. The third-order valence-electron chi connectivity index (χ3n) is 4.96. The molecule has 0 saturated carbocycles. The first kappa shape index (κ1) is 20.1. The lowest BCUT2D eigenvalue weighted by atomic mass is 10.2. The summed E-state index contributed by atoms with van der Waals surface area (Å²) in [5.41, 5.74) is 1.17. The topological polar surface area (TPSA) is 78.7 Å². The van der Waals surface area contributed by atoms with Crippen molar-refractivity contribution in [2.45, 2.75) is 13.3 Å². The molecule has 1 fully saturated rings. The number of aromatic nitrogens is 1. The zero-order chi connectivity index (χ0) is 21.1. The number of carbonyl (C=O) groups excluding carboxylic acids is 2. The van der Waals surface area contributed by atoms with Gasteiger partial charge in [-0.3, -0.25) is 4.79 Å². The molecule has 1 aromatic carbocycles. The smallest absolute Gasteiger partial charge is 0.321 e. The monoisotopic (exact) mass is 428 g/mol. The Balaban J connectivity index is 1.30. The van der Waals surface area contributed by atoms with E-state index in [1.165, 1.54) is 35.6 Å². The van der Waals surface area contributed by atoms with Crippen molar-refractivity contribution in [2.24, 2.45) is 0 Å². The Kier molecular flexibility index (Phi) is 5.80. The van der Waals surface area contributed by atoms with Crippen LogP contribution in [0.4, 0.5) is 14.9 Å². The van der Waals surface area contributed by atoms with E-state index in [2.05, 4.69) is 10.3 Å². The van der Waals surface area contributed by atoms with E-state index in [0.29, 0.717) is 49.2 Å². The van der Waals surface area contributed by atoms with Gasteiger partial charge in [-0.05, 0) is 42.6 Å². The van der Waals surface area contributed by atoms with Crippen LogP contribution in [0.2, 0.25) is 0 Å². The molecule has 3 aromatic rings. The maximum absolute atomic E-state index is 13.0. The van der Waals surface area contributed by atoms with Crippen LogP contribution in [0.5, 0.6) is 0 Å². The summed E-state index contributed by atoms with van der Waals surface area (Å²) >= 11 is 1.54. The van der Waals surface area contributed by atoms with Crippen LogP contribution in [0.25, 0.3) is 10.8 Å². The summed E-state index contributed by atoms with van der Waals surface area (Å²) in [5.74, 6) is 0.782. The van der Waals surface area contributed by atoms with Crippen molar-refractivity contribution >= 4 is 29.0 Å². The van der Waals surface area contributed by atoms with E-state index in [9.17, 15) is 14.0 Å². The number of oxazole rings is 1. The van der Waals surface area contributed by atoms with Crippen LogP contribution in [-0.2, 0) is 11.2 Å². The van der Waals surface area contributed by atoms with Crippen molar-refractivity contribution in [1.82, 2.24) is 14.8 Å². The minimum Gasteiger partial charge on any atom is -0.440 e. The lowest BCUT2D eigenvalue weighted by Gasteiger charge is -2.34. The van der Waals surface area contributed by atoms with E-state index >= 15 is 0 Å². The molecule has 7 nitrogen and oxygen atoms in total. The van der Waals surface area contributed by atoms with Gasteiger partial charge in [0.05, 0.1) is 17.0 Å². The number of hydrogen-bond acceptors (Lipinski definition) is 5. The summed E-state index contributed by atoms with van der Waals surface area (Å²) in [6.07, 6.45) is 0.169. The second-order valence-electron chi connectivity index (χ2n) is 6.98. The molecule has 0 aliphatic carbocycles. The van der Waals surface area contributed by atoms with Crippen molar-refractivity contribution in [2.75, 3.05) is 31.5 Å². The zero-order valence-electron chi connectivity index (χ0n) is 16.4. The van der Waals surface area contributed by atoms with E-state index in [1.807, 2.05) is 24.4 Å². The summed E-state index contributed by atoms with van der Waals surface area (Å²) in [6.45, 7) is 3.56. The number of nitrogens with zero attached hydrogens (tertiary/aromatic N) is 3. The van der Waals surface area contributed by atoms with Crippen molar-refractivity contribution in [3.05, 3.63) is 59.0 Å². The lowest BCUT2D eigenvalue weighted by molar-refractivity contribution is -0.131. The SMILES string of the molecule is Cc1oc(-c2cccs2)nc1CC(=O)N1CCN(C(=O)Nc2ccc(F)cc2)CC1. The number of carbonyl (C=O) groups is 2. The van der Waals surface area contributed by atoms with E-state index in [1.54, 1.807) is 9.80 Å². The summed E-state index contributed by atoms with van der Waals surface area (Å²) in [5, 5.41) is 4.69. The molecular formula is C21H21FN4O3S. The normalized spacial score (nSPS) is 14.1. The Bertz CT molecular complexity index is 1030. The second-order valence-corrected chi connectivity index (χ2v) is 7.93. The number of thiophene rings is 1. The Morgan fingerprint density at radius 1 is 1.13 bits per heavy atom. The fourth-order valence-corrected chi connectivity index (χ4v) is 3.90. The molecule has 0 radical (unpaired) electrons. The molecule has 30 heavy (non-hydrogen) atoms. The maximum atomic E-state index is 13.0. The fourth-order valence-electron chi connectivity index (χ4n) is 3.25. The number of halogens is 1. The highest BCUT2D eigenvalue weighted by Crippen LogP contribution is 2.26. The van der Waals surface area contributed by atoms with Gasteiger partial charge in [0, 0.05) is 31.9 Å². The van der Waals surface area contributed by atoms with Crippen LogP contribution in [0.15, 0.2) is 46.2 Å². The Morgan fingerprint density at radius 3 is 2.50 bits per heavy atom. The number of aryl methyl sites for hydroxylation is 1. The molecule has 9 heteroatoms. The Labute approximate surface area is 177 Å². The third-order valence-corrected chi connectivity index (χ3v) is 5.82. The van der Waals surface area contributed by atoms with Crippen molar-refractivity contribution in [3.63, 3.8) is 0 Å². The summed E-state index contributed by atoms with van der Waals surface area (Å²) in [4.78, 5) is 33.9. The van der Waals surface area contributed by atoms with E-state index in [-0.39, 0.29) is 24.2 Å². The van der Waals surface area contributed by atoms with Gasteiger partial charge in [-0.25, -0.2) is 14.2 Å². The van der Waals surface area contributed by atoms with Crippen molar-refractivity contribution in [3.8, 4) is 10.8 Å². The third kappa shape index (κ3) is 4.51. The zero-order valence-corrected chi connectivity index (χ0v) is 17.2. The molecule has 1 saturated heterocycles. The molecule has 3 heterocycles. The number of nitrogens with one attached hydrogen (secondary N) is 1. The Morgan fingerprint density at radius 2 is 1.83 bits per heavy atom. The van der Waals surface area contributed by atoms with Crippen LogP contribution in [-0.4, -0.2) is 52.9 Å². The van der Waals surface area contributed by atoms with E-state index in [4.69, 9.17) is 4.42 Å². The van der Waals surface area contributed by atoms with Crippen LogP contribution in [0.3, 0.4) is 0 Å². The highest BCUT2D eigenvalue weighted by Gasteiger charge is 2.25. The van der Waals surface area contributed by atoms with E-state index < -0.39 is 0 Å². The van der Waals surface area contributed by atoms with Gasteiger partial charge in [-0.15, -0.1) is 11.3 Å². The second kappa shape index (κ2) is 8.66. The number of amides is 3. The average molecular weight is 428 g/mol. The quantitative estimate of drug-likeness (QED) is 0.686. The van der Waals surface area contributed by atoms with Gasteiger partial charge in [0.15, 0.2) is 0 Å².